The van der Waals surface area contributed by atoms with E-state index in [1.807, 2.05) is 24.5 Å². The van der Waals surface area contributed by atoms with Gasteiger partial charge in [0.05, 0.1) is 17.9 Å². The maximum Gasteiger partial charge on any atom is 0.162 e. The van der Waals surface area contributed by atoms with Crippen LogP contribution in [0.15, 0.2) is 49.1 Å². The second-order valence-electron chi connectivity index (χ2n) is 10.4. The monoisotopic (exact) mass is 484 g/mol. The van der Waals surface area contributed by atoms with Crippen LogP contribution in [0.1, 0.15) is 44.6 Å². The Balaban J connectivity index is 1.41. The summed E-state index contributed by atoms with van der Waals surface area (Å²) in [7, 11) is 0. The van der Waals surface area contributed by atoms with E-state index in [1.165, 1.54) is 30.7 Å². The van der Waals surface area contributed by atoms with E-state index in [9.17, 15) is 4.39 Å². The van der Waals surface area contributed by atoms with Crippen molar-refractivity contribution < 1.29 is 4.39 Å². The molecular formula is C27H29FN8. The van der Waals surface area contributed by atoms with Crippen LogP contribution in [0.5, 0.6) is 0 Å². The topological polar surface area (TPSA) is 101 Å². The lowest BCUT2D eigenvalue weighted by molar-refractivity contribution is 0.236. The van der Waals surface area contributed by atoms with Crippen LogP contribution in [0.25, 0.3) is 22.3 Å². The average Bonchev–Trinajstić information content (AvgIpc) is 3.72. The summed E-state index contributed by atoms with van der Waals surface area (Å²) in [6.07, 6.45) is 10.1. The molecule has 0 bridgehead atoms. The van der Waals surface area contributed by atoms with E-state index in [4.69, 9.17) is 9.97 Å². The first-order valence-corrected chi connectivity index (χ1v) is 12.4. The van der Waals surface area contributed by atoms with E-state index in [1.54, 1.807) is 12.3 Å². The van der Waals surface area contributed by atoms with Crippen LogP contribution in [0.2, 0.25) is 0 Å². The molecule has 0 spiro atoms. The average molecular weight is 485 g/mol. The highest BCUT2D eigenvalue weighted by Gasteiger charge is 2.34. The minimum atomic E-state index is -0.386. The van der Waals surface area contributed by atoms with Gasteiger partial charge in [0.15, 0.2) is 5.82 Å². The fourth-order valence-electron chi connectivity index (χ4n) is 4.87. The molecule has 6 rings (SSSR count). The Morgan fingerprint density at radius 2 is 1.89 bits per heavy atom. The van der Waals surface area contributed by atoms with Gasteiger partial charge in [0, 0.05) is 35.9 Å². The summed E-state index contributed by atoms with van der Waals surface area (Å²) in [6, 6.07) is 6.98. The predicted molar refractivity (Wildman–Crippen MR) is 139 cm³/mol. The van der Waals surface area contributed by atoms with Crippen molar-refractivity contribution in [2.24, 2.45) is 5.41 Å². The Bertz CT molecular complexity index is 1400. The quantitative estimate of drug-likeness (QED) is 0.350. The summed E-state index contributed by atoms with van der Waals surface area (Å²) in [5.74, 6) is 2.69. The number of nitrogens with one attached hydrogen (secondary N) is 3. The van der Waals surface area contributed by atoms with Gasteiger partial charge >= 0.3 is 0 Å². The van der Waals surface area contributed by atoms with Gasteiger partial charge < -0.3 is 16.0 Å². The molecule has 2 aliphatic rings. The molecule has 4 aromatic rings. The van der Waals surface area contributed by atoms with Crippen LogP contribution in [-0.4, -0.2) is 44.1 Å². The Labute approximate surface area is 209 Å². The highest BCUT2D eigenvalue weighted by Crippen LogP contribution is 2.44. The zero-order chi connectivity index (χ0) is 24.7. The largest absolute Gasteiger partial charge is 0.366 e. The number of hydrogen-bond acceptors (Lipinski definition) is 8. The minimum Gasteiger partial charge on any atom is -0.366 e. The number of fused-ring (bicyclic) bond motifs is 1. The molecule has 3 N–H and O–H groups in total. The SMILES string of the molecule is CC1(C)CNCCC1Nc1nc(-c2ccnc(Nc3ccc(F)cn3)c2)nc2cncc(C3CC3)c12. The summed E-state index contributed by atoms with van der Waals surface area (Å²) in [4.78, 5) is 23.0. The molecule has 4 aromatic heterocycles. The summed E-state index contributed by atoms with van der Waals surface area (Å²) >= 11 is 0. The van der Waals surface area contributed by atoms with Gasteiger partial charge in [0.1, 0.15) is 23.3 Å². The third kappa shape index (κ3) is 4.58. The zero-order valence-electron chi connectivity index (χ0n) is 20.4. The number of nitrogens with zero attached hydrogens (tertiary/aromatic N) is 5. The van der Waals surface area contributed by atoms with Gasteiger partial charge in [-0.3, -0.25) is 4.98 Å². The van der Waals surface area contributed by atoms with Gasteiger partial charge in [-0.25, -0.2) is 24.3 Å². The van der Waals surface area contributed by atoms with Gasteiger partial charge in [-0.15, -0.1) is 0 Å². The van der Waals surface area contributed by atoms with Crippen molar-refractivity contribution >= 4 is 28.4 Å². The van der Waals surface area contributed by atoms with Crippen molar-refractivity contribution in [3.05, 3.63) is 60.4 Å². The highest BCUT2D eigenvalue weighted by molar-refractivity contribution is 5.93. The van der Waals surface area contributed by atoms with Crippen molar-refractivity contribution in [3.63, 3.8) is 0 Å². The Kier molecular flexibility index (Phi) is 5.72. The molecule has 5 heterocycles. The van der Waals surface area contributed by atoms with E-state index >= 15 is 0 Å². The van der Waals surface area contributed by atoms with Gasteiger partial charge in [0.25, 0.3) is 0 Å². The first kappa shape index (κ1) is 22.7. The Hall–Kier alpha value is -3.72. The molecule has 1 aliphatic carbocycles. The number of rotatable bonds is 6. The van der Waals surface area contributed by atoms with E-state index in [0.717, 1.165) is 41.8 Å². The lowest BCUT2D eigenvalue weighted by Crippen LogP contribution is -2.49. The van der Waals surface area contributed by atoms with E-state index < -0.39 is 0 Å². The first-order valence-electron chi connectivity index (χ1n) is 12.4. The van der Waals surface area contributed by atoms with Crippen LogP contribution in [0.3, 0.4) is 0 Å². The van der Waals surface area contributed by atoms with Gasteiger partial charge in [-0.2, -0.15) is 0 Å². The maximum atomic E-state index is 13.2. The van der Waals surface area contributed by atoms with Gasteiger partial charge in [-0.1, -0.05) is 13.8 Å². The van der Waals surface area contributed by atoms with Crippen LogP contribution < -0.4 is 16.0 Å². The molecule has 0 amide bonds. The summed E-state index contributed by atoms with van der Waals surface area (Å²) in [5, 5.41) is 11.5. The van der Waals surface area contributed by atoms with Crippen molar-refractivity contribution in [2.45, 2.75) is 45.1 Å². The van der Waals surface area contributed by atoms with Crippen molar-refractivity contribution in [1.29, 1.82) is 0 Å². The lowest BCUT2D eigenvalue weighted by atomic mass is 9.80. The minimum absolute atomic E-state index is 0.0817. The number of aromatic nitrogens is 5. The fourth-order valence-corrected chi connectivity index (χ4v) is 4.87. The van der Waals surface area contributed by atoms with Crippen LogP contribution >= 0.6 is 0 Å². The lowest BCUT2D eigenvalue weighted by Gasteiger charge is -2.40. The molecule has 1 atom stereocenters. The van der Waals surface area contributed by atoms with Crippen LogP contribution in [0.4, 0.5) is 21.8 Å². The molecule has 184 valence electrons. The molecule has 0 aromatic carbocycles. The van der Waals surface area contributed by atoms with Crippen molar-refractivity contribution in [2.75, 3.05) is 23.7 Å². The maximum absolute atomic E-state index is 13.2. The number of hydrogen-bond donors (Lipinski definition) is 3. The fraction of sp³-hybridized carbons (Fsp3) is 0.370. The zero-order valence-corrected chi connectivity index (χ0v) is 20.4. The number of piperidine rings is 1. The van der Waals surface area contributed by atoms with Crippen LogP contribution in [0, 0.1) is 11.2 Å². The second-order valence-corrected chi connectivity index (χ2v) is 10.4. The number of halogens is 1. The summed E-state index contributed by atoms with van der Waals surface area (Å²) in [6.45, 7) is 6.50. The second kappa shape index (κ2) is 9.05. The van der Waals surface area contributed by atoms with E-state index in [-0.39, 0.29) is 17.3 Å². The van der Waals surface area contributed by atoms with Gasteiger partial charge in [-0.05, 0) is 67.0 Å². The molecule has 1 saturated carbocycles. The molecule has 36 heavy (non-hydrogen) atoms. The van der Waals surface area contributed by atoms with Crippen LogP contribution in [-0.2, 0) is 0 Å². The number of anilines is 3. The molecule has 0 radical (unpaired) electrons. The molecule has 9 heteroatoms. The number of pyridine rings is 3. The molecule has 1 saturated heterocycles. The van der Waals surface area contributed by atoms with Crippen molar-refractivity contribution in [1.82, 2.24) is 30.2 Å². The highest BCUT2D eigenvalue weighted by atomic mass is 19.1. The Morgan fingerprint density at radius 1 is 1.00 bits per heavy atom. The standard InChI is InChI=1S/C27H29FN8/c1-27(2)15-29-9-8-21(27)34-26-24-19(16-3-4-16)13-30-14-20(24)33-25(36-26)17-7-10-31-23(11-17)35-22-6-5-18(28)12-32-22/h5-7,10-14,16,21,29H,3-4,8-9,15H2,1-2H3,(H,31,32,35)(H,33,34,36). The predicted octanol–water partition coefficient (Wildman–Crippen LogP) is 5.04. The first-order chi connectivity index (χ1) is 17.5. The van der Waals surface area contributed by atoms with E-state index in [2.05, 4.69) is 44.7 Å². The summed E-state index contributed by atoms with van der Waals surface area (Å²) in [5.41, 5.74) is 2.97. The molecule has 1 unspecified atom stereocenters. The molecule has 8 nitrogen and oxygen atoms in total. The van der Waals surface area contributed by atoms with Gasteiger partial charge in [0.2, 0.25) is 0 Å². The third-order valence-corrected chi connectivity index (χ3v) is 7.10. The summed E-state index contributed by atoms with van der Waals surface area (Å²) < 4.78 is 13.2. The third-order valence-electron chi connectivity index (χ3n) is 7.10. The molecular weight excluding hydrogens is 455 g/mol. The van der Waals surface area contributed by atoms with Crippen molar-refractivity contribution in [3.8, 4) is 11.4 Å². The Morgan fingerprint density at radius 3 is 2.67 bits per heavy atom. The van der Waals surface area contributed by atoms with E-state index in [0.29, 0.717) is 23.4 Å². The molecule has 2 fully saturated rings. The smallest absolute Gasteiger partial charge is 0.162 e. The normalized spacial score (nSPS) is 19.2. The molecule has 1 aliphatic heterocycles.